The standard InChI is InChI=1S/C18H32O2/c1-4-5-6-7-8-9-10-11-12-16(2)15-17(3)13-14-18(19)20/h13-16H,4-12H2,1-3H3,(H,19,20). The van der Waals surface area contributed by atoms with E-state index in [4.69, 9.17) is 5.11 Å². The number of hydrogen-bond acceptors (Lipinski definition) is 1. The largest absolute Gasteiger partial charge is 0.478 e. The molecule has 0 amide bonds. The number of aliphatic carboxylic acids is 1. The van der Waals surface area contributed by atoms with Crippen LogP contribution in [0.2, 0.25) is 0 Å². The van der Waals surface area contributed by atoms with Crippen molar-refractivity contribution in [3.63, 3.8) is 0 Å². The van der Waals surface area contributed by atoms with Crippen LogP contribution in [-0.4, -0.2) is 11.1 Å². The second-order valence-corrected chi connectivity index (χ2v) is 5.82. The summed E-state index contributed by atoms with van der Waals surface area (Å²) >= 11 is 0. The molecule has 2 nitrogen and oxygen atoms in total. The van der Waals surface area contributed by atoms with E-state index in [0.717, 1.165) is 5.57 Å². The highest BCUT2D eigenvalue weighted by Gasteiger charge is 1.99. The van der Waals surface area contributed by atoms with Gasteiger partial charge >= 0.3 is 5.97 Å². The molecular weight excluding hydrogens is 248 g/mol. The minimum absolute atomic E-state index is 0.536. The molecule has 2 heteroatoms. The first-order valence-electron chi connectivity index (χ1n) is 8.15. The van der Waals surface area contributed by atoms with E-state index in [1.54, 1.807) is 6.08 Å². The Morgan fingerprint density at radius 1 is 1.00 bits per heavy atom. The first-order valence-corrected chi connectivity index (χ1v) is 8.15. The van der Waals surface area contributed by atoms with Crippen LogP contribution in [-0.2, 0) is 4.79 Å². The fourth-order valence-electron chi connectivity index (χ4n) is 2.39. The summed E-state index contributed by atoms with van der Waals surface area (Å²) in [5.41, 5.74) is 1.04. The van der Waals surface area contributed by atoms with E-state index >= 15 is 0 Å². The Morgan fingerprint density at radius 3 is 2.10 bits per heavy atom. The molecular formula is C18H32O2. The van der Waals surface area contributed by atoms with Gasteiger partial charge in [-0.15, -0.1) is 0 Å². The molecule has 0 saturated carbocycles. The van der Waals surface area contributed by atoms with Gasteiger partial charge in [0.1, 0.15) is 0 Å². The highest BCUT2D eigenvalue weighted by atomic mass is 16.4. The zero-order valence-electron chi connectivity index (χ0n) is 13.5. The van der Waals surface area contributed by atoms with Crippen LogP contribution in [0.1, 0.15) is 78.6 Å². The van der Waals surface area contributed by atoms with Crippen molar-refractivity contribution in [2.75, 3.05) is 0 Å². The minimum atomic E-state index is -0.881. The van der Waals surface area contributed by atoms with E-state index in [-0.39, 0.29) is 0 Å². The number of carboxylic acids is 1. The van der Waals surface area contributed by atoms with Crippen molar-refractivity contribution in [1.29, 1.82) is 0 Å². The lowest BCUT2D eigenvalue weighted by Crippen LogP contribution is -1.92. The van der Waals surface area contributed by atoms with Gasteiger partial charge in [-0.25, -0.2) is 4.79 Å². The van der Waals surface area contributed by atoms with Crippen LogP contribution in [0.3, 0.4) is 0 Å². The summed E-state index contributed by atoms with van der Waals surface area (Å²) in [6.45, 7) is 6.42. The van der Waals surface area contributed by atoms with Gasteiger partial charge in [0.2, 0.25) is 0 Å². The van der Waals surface area contributed by atoms with Gasteiger partial charge in [0.05, 0.1) is 0 Å². The third kappa shape index (κ3) is 13.4. The predicted molar refractivity (Wildman–Crippen MR) is 86.9 cm³/mol. The van der Waals surface area contributed by atoms with E-state index in [9.17, 15) is 4.79 Å². The Balaban J connectivity index is 3.60. The first kappa shape index (κ1) is 18.9. The predicted octanol–water partition coefficient (Wildman–Crippen LogP) is 5.74. The quantitative estimate of drug-likeness (QED) is 0.281. The molecule has 116 valence electrons. The number of allylic oxidation sites excluding steroid dienone is 3. The van der Waals surface area contributed by atoms with Crippen molar-refractivity contribution in [2.45, 2.75) is 78.6 Å². The molecule has 0 aromatic heterocycles. The SMILES string of the molecule is CCCCCCCCCCC(C)C=C(C)C=CC(=O)O. The average Bonchev–Trinajstić information content (AvgIpc) is 2.39. The molecule has 0 fully saturated rings. The van der Waals surface area contributed by atoms with E-state index in [2.05, 4.69) is 19.9 Å². The summed E-state index contributed by atoms with van der Waals surface area (Å²) in [7, 11) is 0. The zero-order chi connectivity index (χ0) is 15.2. The zero-order valence-corrected chi connectivity index (χ0v) is 13.5. The van der Waals surface area contributed by atoms with Crippen molar-refractivity contribution in [2.24, 2.45) is 5.92 Å². The molecule has 0 heterocycles. The van der Waals surface area contributed by atoms with E-state index in [1.165, 1.54) is 63.9 Å². The Labute approximate surface area is 125 Å². The molecule has 0 aliphatic carbocycles. The summed E-state index contributed by atoms with van der Waals surface area (Å²) in [4.78, 5) is 10.4. The van der Waals surface area contributed by atoms with Gasteiger partial charge in [-0.1, -0.05) is 82.9 Å². The average molecular weight is 280 g/mol. The molecule has 20 heavy (non-hydrogen) atoms. The Bertz CT molecular complexity index is 303. The maximum absolute atomic E-state index is 10.4. The molecule has 0 aromatic rings. The van der Waals surface area contributed by atoms with E-state index in [1.807, 2.05) is 6.92 Å². The van der Waals surface area contributed by atoms with Crippen molar-refractivity contribution in [3.05, 3.63) is 23.8 Å². The third-order valence-corrected chi connectivity index (χ3v) is 3.55. The minimum Gasteiger partial charge on any atom is -0.478 e. The normalized spacial score (nSPS) is 13.8. The van der Waals surface area contributed by atoms with E-state index < -0.39 is 5.97 Å². The Kier molecular flexibility index (Phi) is 12.3. The van der Waals surface area contributed by atoms with Crippen LogP contribution in [0.4, 0.5) is 0 Å². The molecule has 0 spiro atoms. The topological polar surface area (TPSA) is 37.3 Å². The molecule has 0 aliphatic rings. The number of carboxylic acid groups (broad SMARTS) is 1. The first-order chi connectivity index (χ1) is 9.56. The van der Waals surface area contributed by atoms with Gasteiger partial charge in [-0.3, -0.25) is 0 Å². The highest BCUT2D eigenvalue weighted by Crippen LogP contribution is 2.15. The maximum atomic E-state index is 10.4. The molecule has 0 bridgehead atoms. The van der Waals surface area contributed by atoms with Crippen molar-refractivity contribution in [1.82, 2.24) is 0 Å². The van der Waals surface area contributed by atoms with Crippen molar-refractivity contribution < 1.29 is 9.90 Å². The second kappa shape index (κ2) is 13.0. The van der Waals surface area contributed by atoms with E-state index in [0.29, 0.717) is 5.92 Å². The lowest BCUT2D eigenvalue weighted by molar-refractivity contribution is -0.131. The van der Waals surface area contributed by atoms with Crippen LogP contribution in [0, 0.1) is 5.92 Å². The smallest absolute Gasteiger partial charge is 0.328 e. The molecule has 1 atom stereocenters. The highest BCUT2D eigenvalue weighted by molar-refractivity contribution is 5.80. The third-order valence-electron chi connectivity index (χ3n) is 3.55. The number of hydrogen-bond donors (Lipinski definition) is 1. The second-order valence-electron chi connectivity index (χ2n) is 5.82. The van der Waals surface area contributed by atoms with Gasteiger partial charge in [0.15, 0.2) is 0 Å². The van der Waals surface area contributed by atoms with Crippen molar-refractivity contribution >= 4 is 5.97 Å². The summed E-state index contributed by atoms with van der Waals surface area (Å²) in [6, 6.07) is 0. The Hall–Kier alpha value is -1.05. The molecule has 0 radical (unpaired) electrons. The van der Waals surface area contributed by atoms with Gasteiger partial charge < -0.3 is 5.11 Å². The van der Waals surface area contributed by atoms with Gasteiger partial charge in [0.25, 0.3) is 0 Å². The van der Waals surface area contributed by atoms with Crippen LogP contribution < -0.4 is 0 Å². The van der Waals surface area contributed by atoms with Gasteiger partial charge in [-0.2, -0.15) is 0 Å². The molecule has 0 aliphatic heterocycles. The summed E-state index contributed by atoms with van der Waals surface area (Å²) in [5, 5.41) is 8.56. The monoisotopic (exact) mass is 280 g/mol. The molecule has 0 aromatic carbocycles. The molecule has 1 unspecified atom stereocenters. The Morgan fingerprint density at radius 2 is 1.55 bits per heavy atom. The van der Waals surface area contributed by atoms with Gasteiger partial charge in [0, 0.05) is 6.08 Å². The molecule has 0 rings (SSSR count). The van der Waals surface area contributed by atoms with Crippen molar-refractivity contribution in [3.8, 4) is 0 Å². The number of carbonyl (C=O) groups is 1. The van der Waals surface area contributed by atoms with Gasteiger partial charge in [-0.05, 0) is 19.3 Å². The molecule has 0 saturated heterocycles. The lowest BCUT2D eigenvalue weighted by Gasteiger charge is -2.07. The maximum Gasteiger partial charge on any atom is 0.328 e. The summed E-state index contributed by atoms with van der Waals surface area (Å²) in [6.07, 6.45) is 17.1. The summed E-state index contributed by atoms with van der Waals surface area (Å²) < 4.78 is 0. The number of unbranched alkanes of at least 4 members (excludes halogenated alkanes) is 7. The van der Waals surface area contributed by atoms with Crippen LogP contribution in [0.15, 0.2) is 23.8 Å². The van der Waals surface area contributed by atoms with Crippen LogP contribution in [0.25, 0.3) is 0 Å². The van der Waals surface area contributed by atoms with Crippen LogP contribution >= 0.6 is 0 Å². The molecule has 1 N–H and O–H groups in total. The number of rotatable bonds is 12. The summed E-state index contributed by atoms with van der Waals surface area (Å²) in [5.74, 6) is -0.345. The fraction of sp³-hybridized carbons (Fsp3) is 0.722. The lowest BCUT2D eigenvalue weighted by atomic mass is 9.99. The fourth-order valence-corrected chi connectivity index (χ4v) is 2.39. The van der Waals surface area contributed by atoms with Crippen LogP contribution in [0.5, 0.6) is 0 Å².